The van der Waals surface area contributed by atoms with Crippen LogP contribution in [0.15, 0.2) is 28.7 Å². The number of hydrogen-bond donors (Lipinski definition) is 1. The van der Waals surface area contributed by atoms with Crippen molar-refractivity contribution in [2.24, 2.45) is 0 Å². The molecule has 1 heterocycles. The first-order valence-corrected chi connectivity index (χ1v) is 4.40. The smallest absolute Gasteiger partial charge is 0.134 e. The molecule has 0 radical (unpaired) electrons. The van der Waals surface area contributed by atoms with Crippen LogP contribution in [0.3, 0.4) is 0 Å². The molecule has 1 N–H and O–H groups in total. The number of nitriles is 1. The third kappa shape index (κ3) is 1.48. The Morgan fingerprint density at radius 2 is 2.29 bits per heavy atom. The van der Waals surface area contributed by atoms with Crippen molar-refractivity contribution in [3.63, 3.8) is 0 Å². The van der Waals surface area contributed by atoms with E-state index in [4.69, 9.17) is 9.68 Å². The summed E-state index contributed by atoms with van der Waals surface area (Å²) < 4.78 is 5.54. The normalized spacial score (nSPS) is 10.3. The number of benzene rings is 1. The highest BCUT2D eigenvalue weighted by Gasteiger charge is 2.03. The van der Waals surface area contributed by atoms with E-state index in [1.165, 1.54) is 0 Å². The lowest BCUT2D eigenvalue weighted by molar-refractivity contribution is 0.531. The molecular formula is C11H10N2O. The van der Waals surface area contributed by atoms with Gasteiger partial charge in [0.2, 0.25) is 0 Å². The van der Waals surface area contributed by atoms with Crippen molar-refractivity contribution in [1.29, 1.82) is 5.26 Å². The second-order valence-electron chi connectivity index (χ2n) is 3.11. The molecule has 0 aliphatic heterocycles. The number of nitrogens with one attached hydrogen (secondary N) is 1. The maximum atomic E-state index is 8.71. The van der Waals surface area contributed by atoms with Crippen molar-refractivity contribution in [3.05, 3.63) is 35.6 Å². The van der Waals surface area contributed by atoms with E-state index in [-0.39, 0.29) is 0 Å². The molecule has 0 amide bonds. The maximum Gasteiger partial charge on any atom is 0.134 e. The van der Waals surface area contributed by atoms with Gasteiger partial charge in [0.05, 0.1) is 18.2 Å². The van der Waals surface area contributed by atoms with Gasteiger partial charge in [0.25, 0.3) is 0 Å². The van der Waals surface area contributed by atoms with Crippen molar-refractivity contribution < 1.29 is 4.42 Å². The van der Waals surface area contributed by atoms with Crippen LogP contribution in [-0.4, -0.2) is 7.05 Å². The number of furan rings is 1. The highest BCUT2D eigenvalue weighted by atomic mass is 16.3. The van der Waals surface area contributed by atoms with Gasteiger partial charge in [-0.2, -0.15) is 5.26 Å². The highest BCUT2D eigenvalue weighted by molar-refractivity contribution is 5.79. The zero-order chi connectivity index (χ0) is 9.97. The Bertz CT molecular complexity index is 493. The summed E-state index contributed by atoms with van der Waals surface area (Å²) in [6.07, 6.45) is 0. The van der Waals surface area contributed by atoms with Crippen LogP contribution in [0.25, 0.3) is 11.0 Å². The molecule has 0 saturated carbocycles. The maximum absolute atomic E-state index is 8.71. The SMILES string of the molecule is CNCc1cc2cc(C#N)ccc2o1. The summed E-state index contributed by atoms with van der Waals surface area (Å²) >= 11 is 0. The summed E-state index contributed by atoms with van der Waals surface area (Å²) in [5.74, 6) is 0.887. The van der Waals surface area contributed by atoms with Crippen LogP contribution in [0.5, 0.6) is 0 Å². The minimum atomic E-state index is 0.661. The van der Waals surface area contributed by atoms with Gasteiger partial charge < -0.3 is 9.73 Å². The average molecular weight is 186 g/mol. The molecule has 1 aromatic heterocycles. The number of fused-ring (bicyclic) bond motifs is 1. The predicted octanol–water partition coefficient (Wildman–Crippen LogP) is 2.02. The molecule has 0 fully saturated rings. The topological polar surface area (TPSA) is 49.0 Å². The lowest BCUT2D eigenvalue weighted by Crippen LogP contribution is -2.03. The largest absolute Gasteiger partial charge is 0.460 e. The van der Waals surface area contributed by atoms with Crippen LogP contribution >= 0.6 is 0 Å². The van der Waals surface area contributed by atoms with Crippen LogP contribution in [0.2, 0.25) is 0 Å². The number of hydrogen-bond acceptors (Lipinski definition) is 3. The van der Waals surface area contributed by atoms with Gasteiger partial charge in [0.1, 0.15) is 11.3 Å². The predicted molar refractivity (Wildman–Crippen MR) is 53.7 cm³/mol. The van der Waals surface area contributed by atoms with E-state index in [0.717, 1.165) is 16.7 Å². The Kier molecular flexibility index (Phi) is 2.21. The van der Waals surface area contributed by atoms with Gasteiger partial charge in [0, 0.05) is 5.39 Å². The minimum Gasteiger partial charge on any atom is -0.460 e. The van der Waals surface area contributed by atoms with Crippen LogP contribution in [-0.2, 0) is 6.54 Å². The van der Waals surface area contributed by atoms with E-state index in [1.807, 2.05) is 25.2 Å². The zero-order valence-electron chi connectivity index (χ0n) is 7.87. The van der Waals surface area contributed by atoms with Crippen molar-refractivity contribution in [3.8, 4) is 6.07 Å². The Morgan fingerprint density at radius 3 is 3.00 bits per heavy atom. The van der Waals surface area contributed by atoms with Crippen LogP contribution in [0, 0.1) is 11.3 Å². The van der Waals surface area contributed by atoms with Crippen molar-refractivity contribution in [2.45, 2.75) is 6.54 Å². The van der Waals surface area contributed by atoms with Gasteiger partial charge in [-0.3, -0.25) is 0 Å². The van der Waals surface area contributed by atoms with E-state index in [1.54, 1.807) is 6.07 Å². The standard InChI is InChI=1S/C11H10N2O/c1-13-7-10-5-9-4-8(6-12)2-3-11(9)14-10/h2-5,13H,7H2,1H3. The quantitative estimate of drug-likeness (QED) is 0.780. The monoisotopic (exact) mass is 186 g/mol. The second-order valence-corrected chi connectivity index (χ2v) is 3.11. The first-order chi connectivity index (χ1) is 6.83. The molecule has 70 valence electrons. The molecule has 0 atom stereocenters. The minimum absolute atomic E-state index is 0.661. The van der Waals surface area contributed by atoms with Gasteiger partial charge in [-0.15, -0.1) is 0 Å². The van der Waals surface area contributed by atoms with E-state index in [2.05, 4.69) is 11.4 Å². The number of rotatable bonds is 2. The Labute approximate surface area is 81.9 Å². The fourth-order valence-electron chi connectivity index (χ4n) is 1.43. The fraction of sp³-hybridized carbons (Fsp3) is 0.182. The molecule has 0 aliphatic rings. The summed E-state index contributed by atoms with van der Waals surface area (Å²) in [6.45, 7) is 0.705. The molecule has 2 rings (SSSR count). The highest BCUT2D eigenvalue weighted by Crippen LogP contribution is 2.20. The van der Waals surface area contributed by atoms with Crippen molar-refractivity contribution in [1.82, 2.24) is 5.32 Å². The summed E-state index contributed by atoms with van der Waals surface area (Å²) in [4.78, 5) is 0. The third-order valence-corrected chi connectivity index (χ3v) is 2.05. The third-order valence-electron chi connectivity index (χ3n) is 2.05. The van der Waals surface area contributed by atoms with E-state index in [9.17, 15) is 0 Å². The van der Waals surface area contributed by atoms with E-state index >= 15 is 0 Å². The van der Waals surface area contributed by atoms with Gasteiger partial charge >= 0.3 is 0 Å². The summed E-state index contributed by atoms with van der Waals surface area (Å²) in [5.41, 5.74) is 1.49. The molecule has 1 aromatic carbocycles. The molecular weight excluding hydrogens is 176 g/mol. The Hall–Kier alpha value is -1.79. The Morgan fingerprint density at radius 1 is 1.43 bits per heavy atom. The molecule has 3 nitrogen and oxygen atoms in total. The lowest BCUT2D eigenvalue weighted by Gasteiger charge is -1.90. The van der Waals surface area contributed by atoms with Gasteiger partial charge in [-0.25, -0.2) is 0 Å². The molecule has 0 bridgehead atoms. The van der Waals surface area contributed by atoms with E-state index in [0.29, 0.717) is 12.1 Å². The summed E-state index contributed by atoms with van der Waals surface area (Å²) in [7, 11) is 1.87. The average Bonchev–Trinajstić information content (AvgIpc) is 2.59. The first kappa shape index (κ1) is 8.79. The fourth-order valence-corrected chi connectivity index (χ4v) is 1.43. The summed E-state index contributed by atoms with van der Waals surface area (Å²) in [6, 6.07) is 9.47. The van der Waals surface area contributed by atoms with Crippen LogP contribution < -0.4 is 5.32 Å². The Balaban J connectivity index is 2.50. The van der Waals surface area contributed by atoms with Gasteiger partial charge in [-0.05, 0) is 31.3 Å². The van der Waals surface area contributed by atoms with Crippen molar-refractivity contribution in [2.75, 3.05) is 7.05 Å². The zero-order valence-corrected chi connectivity index (χ0v) is 7.87. The molecule has 0 saturated heterocycles. The van der Waals surface area contributed by atoms with Gasteiger partial charge in [0.15, 0.2) is 0 Å². The van der Waals surface area contributed by atoms with Gasteiger partial charge in [-0.1, -0.05) is 0 Å². The van der Waals surface area contributed by atoms with E-state index < -0.39 is 0 Å². The van der Waals surface area contributed by atoms with Crippen LogP contribution in [0.4, 0.5) is 0 Å². The molecule has 2 aromatic rings. The molecule has 14 heavy (non-hydrogen) atoms. The number of nitrogens with zero attached hydrogens (tertiary/aromatic N) is 1. The molecule has 0 aliphatic carbocycles. The van der Waals surface area contributed by atoms with Crippen LogP contribution in [0.1, 0.15) is 11.3 Å². The van der Waals surface area contributed by atoms with Crippen molar-refractivity contribution >= 4 is 11.0 Å². The molecule has 0 spiro atoms. The second kappa shape index (κ2) is 3.52. The first-order valence-electron chi connectivity index (χ1n) is 4.40. The molecule has 3 heteroatoms. The molecule has 0 unspecified atom stereocenters. The lowest BCUT2D eigenvalue weighted by atomic mass is 10.2. The summed E-state index contributed by atoms with van der Waals surface area (Å²) in [5, 5.41) is 12.7.